The van der Waals surface area contributed by atoms with Crippen LogP contribution in [0.2, 0.25) is 0 Å². The predicted molar refractivity (Wildman–Crippen MR) is 91.9 cm³/mol. The van der Waals surface area contributed by atoms with Crippen LogP contribution in [0, 0.1) is 18.3 Å². The minimum absolute atomic E-state index is 0.326. The molecular formula is C19H28N2O. The van der Waals surface area contributed by atoms with E-state index in [4.69, 9.17) is 11.2 Å². The summed E-state index contributed by atoms with van der Waals surface area (Å²) in [5, 5.41) is 3.58. The van der Waals surface area contributed by atoms with E-state index < -0.39 is 0 Å². The summed E-state index contributed by atoms with van der Waals surface area (Å²) in [6, 6.07) is 8.11. The Morgan fingerprint density at radius 3 is 2.82 bits per heavy atom. The summed E-state index contributed by atoms with van der Waals surface area (Å²) in [7, 11) is 0. The van der Waals surface area contributed by atoms with Crippen molar-refractivity contribution < 1.29 is 4.74 Å². The highest BCUT2D eigenvalue weighted by Crippen LogP contribution is 2.19. The van der Waals surface area contributed by atoms with Gasteiger partial charge in [0.05, 0.1) is 0 Å². The second-order valence-electron chi connectivity index (χ2n) is 6.02. The molecule has 0 saturated carbocycles. The van der Waals surface area contributed by atoms with Crippen LogP contribution in [0.25, 0.3) is 0 Å². The van der Waals surface area contributed by atoms with E-state index in [0.717, 1.165) is 24.8 Å². The highest BCUT2D eigenvalue weighted by Gasteiger charge is 2.18. The van der Waals surface area contributed by atoms with Crippen molar-refractivity contribution in [3.63, 3.8) is 0 Å². The molecule has 120 valence electrons. The first kappa shape index (κ1) is 16.9. The van der Waals surface area contributed by atoms with E-state index in [1.807, 2.05) is 18.2 Å². The van der Waals surface area contributed by atoms with Gasteiger partial charge in [-0.3, -0.25) is 0 Å². The van der Waals surface area contributed by atoms with Crippen LogP contribution < -0.4 is 10.1 Å². The molecule has 0 atom stereocenters. The first-order chi connectivity index (χ1) is 10.8. The Morgan fingerprint density at radius 1 is 1.32 bits per heavy atom. The largest absolute Gasteiger partial charge is 0.481 e. The van der Waals surface area contributed by atoms with E-state index in [0.29, 0.717) is 6.61 Å². The molecule has 0 aromatic heterocycles. The van der Waals surface area contributed by atoms with Gasteiger partial charge < -0.3 is 15.0 Å². The van der Waals surface area contributed by atoms with Crippen LogP contribution in [0.1, 0.15) is 31.7 Å². The third-order valence-electron chi connectivity index (χ3n) is 4.28. The molecule has 0 bridgehead atoms. The zero-order valence-corrected chi connectivity index (χ0v) is 13.7. The fraction of sp³-hybridized carbons (Fsp3) is 0.579. The van der Waals surface area contributed by atoms with Crippen molar-refractivity contribution in [1.82, 2.24) is 10.2 Å². The summed E-state index contributed by atoms with van der Waals surface area (Å²) in [6.45, 7) is 8.27. The average Bonchev–Trinajstić information content (AvgIpc) is 2.56. The maximum absolute atomic E-state index is 5.59. The van der Waals surface area contributed by atoms with Crippen molar-refractivity contribution in [3.05, 3.63) is 29.8 Å². The Bertz CT molecular complexity index is 473. The van der Waals surface area contributed by atoms with Crippen molar-refractivity contribution in [2.24, 2.45) is 5.92 Å². The standard InChI is InChI=1S/C19H28N2O/c1-3-11-21-12-9-17(10-13-21)15-20-16-18-7-5-6-8-19(18)22-14-4-2/h2,5-8,17,20H,3,9-16H2,1H3. The maximum Gasteiger partial charge on any atom is 0.148 e. The Hall–Kier alpha value is -1.50. The van der Waals surface area contributed by atoms with Crippen LogP contribution >= 0.6 is 0 Å². The molecular weight excluding hydrogens is 272 g/mol. The lowest BCUT2D eigenvalue weighted by molar-refractivity contribution is 0.182. The van der Waals surface area contributed by atoms with Gasteiger partial charge in [0.1, 0.15) is 12.4 Å². The molecule has 0 unspecified atom stereocenters. The lowest BCUT2D eigenvalue weighted by Gasteiger charge is -2.31. The number of benzene rings is 1. The van der Waals surface area contributed by atoms with Crippen LogP contribution in [0.3, 0.4) is 0 Å². The van der Waals surface area contributed by atoms with Crippen molar-refractivity contribution in [1.29, 1.82) is 0 Å². The first-order valence-electron chi connectivity index (χ1n) is 8.40. The van der Waals surface area contributed by atoms with E-state index in [1.54, 1.807) is 0 Å². The van der Waals surface area contributed by atoms with Gasteiger partial charge in [-0.1, -0.05) is 31.0 Å². The number of likely N-dealkylation sites (tertiary alicyclic amines) is 1. The molecule has 22 heavy (non-hydrogen) atoms. The van der Waals surface area contributed by atoms with Crippen LogP contribution in [-0.4, -0.2) is 37.7 Å². The normalized spacial score (nSPS) is 16.4. The summed E-state index contributed by atoms with van der Waals surface area (Å²) < 4.78 is 5.59. The number of para-hydroxylation sites is 1. The van der Waals surface area contributed by atoms with E-state index in [1.165, 1.54) is 44.5 Å². The zero-order valence-electron chi connectivity index (χ0n) is 13.7. The number of rotatable bonds is 8. The summed E-state index contributed by atoms with van der Waals surface area (Å²) in [4.78, 5) is 2.58. The third kappa shape index (κ3) is 5.36. The molecule has 1 saturated heterocycles. The third-order valence-corrected chi connectivity index (χ3v) is 4.28. The molecule has 1 N–H and O–H groups in total. The second kappa shape index (κ2) is 9.50. The zero-order chi connectivity index (χ0) is 15.6. The topological polar surface area (TPSA) is 24.5 Å². The molecule has 0 amide bonds. The number of nitrogens with one attached hydrogen (secondary N) is 1. The lowest BCUT2D eigenvalue weighted by atomic mass is 9.96. The number of hydrogen-bond donors (Lipinski definition) is 1. The van der Waals surface area contributed by atoms with Crippen LogP contribution in [0.5, 0.6) is 5.75 Å². The molecule has 1 aliphatic heterocycles. The molecule has 0 spiro atoms. The van der Waals surface area contributed by atoms with Crippen molar-refractivity contribution >= 4 is 0 Å². The molecule has 2 rings (SSSR count). The molecule has 1 aliphatic rings. The minimum atomic E-state index is 0.326. The lowest BCUT2D eigenvalue weighted by Crippen LogP contribution is -2.37. The predicted octanol–water partition coefficient (Wildman–Crippen LogP) is 2.91. The van der Waals surface area contributed by atoms with E-state index in [2.05, 4.69) is 29.1 Å². The quantitative estimate of drug-likeness (QED) is 0.747. The maximum atomic E-state index is 5.59. The molecule has 1 aromatic carbocycles. The van der Waals surface area contributed by atoms with Gasteiger partial charge in [-0.25, -0.2) is 0 Å². The number of piperidine rings is 1. The van der Waals surface area contributed by atoms with Gasteiger partial charge >= 0.3 is 0 Å². The van der Waals surface area contributed by atoms with Gasteiger partial charge in [0.2, 0.25) is 0 Å². The summed E-state index contributed by atoms with van der Waals surface area (Å²) >= 11 is 0. The van der Waals surface area contributed by atoms with Gasteiger partial charge in [0, 0.05) is 12.1 Å². The van der Waals surface area contributed by atoms with Crippen LogP contribution in [-0.2, 0) is 6.54 Å². The number of nitrogens with zero attached hydrogens (tertiary/aromatic N) is 1. The van der Waals surface area contributed by atoms with E-state index >= 15 is 0 Å². The molecule has 3 nitrogen and oxygen atoms in total. The second-order valence-corrected chi connectivity index (χ2v) is 6.02. The monoisotopic (exact) mass is 300 g/mol. The highest BCUT2D eigenvalue weighted by atomic mass is 16.5. The fourth-order valence-corrected chi connectivity index (χ4v) is 3.05. The fourth-order valence-electron chi connectivity index (χ4n) is 3.05. The molecule has 1 heterocycles. The van der Waals surface area contributed by atoms with Gasteiger partial charge in [-0.2, -0.15) is 0 Å². The molecule has 3 heteroatoms. The van der Waals surface area contributed by atoms with Crippen molar-refractivity contribution in [3.8, 4) is 18.1 Å². The van der Waals surface area contributed by atoms with E-state index in [-0.39, 0.29) is 0 Å². The van der Waals surface area contributed by atoms with E-state index in [9.17, 15) is 0 Å². The van der Waals surface area contributed by atoms with Crippen molar-refractivity contribution in [2.75, 3.05) is 32.8 Å². The minimum Gasteiger partial charge on any atom is -0.481 e. The Morgan fingerprint density at radius 2 is 2.09 bits per heavy atom. The van der Waals surface area contributed by atoms with Crippen LogP contribution in [0.4, 0.5) is 0 Å². The van der Waals surface area contributed by atoms with Crippen LogP contribution in [0.15, 0.2) is 24.3 Å². The Kier molecular flexibility index (Phi) is 7.28. The van der Waals surface area contributed by atoms with Gasteiger partial charge in [-0.05, 0) is 57.4 Å². The number of ether oxygens (including phenoxy) is 1. The smallest absolute Gasteiger partial charge is 0.148 e. The van der Waals surface area contributed by atoms with Crippen molar-refractivity contribution in [2.45, 2.75) is 32.7 Å². The van der Waals surface area contributed by atoms with Gasteiger partial charge in [-0.15, -0.1) is 6.42 Å². The molecule has 0 aliphatic carbocycles. The Labute approximate surface area is 135 Å². The summed E-state index contributed by atoms with van der Waals surface area (Å²) in [6.07, 6.45) is 9.14. The molecule has 1 fully saturated rings. The Balaban J connectivity index is 1.72. The van der Waals surface area contributed by atoms with Gasteiger partial charge in [0.15, 0.2) is 0 Å². The average molecular weight is 300 g/mol. The number of terminal acetylenes is 1. The molecule has 1 aromatic rings. The first-order valence-corrected chi connectivity index (χ1v) is 8.40. The number of hydrogen-bond acceptors (Lipinski definition) is 3. The SMILES string of the molecule is C#CCOc1ccccc1CNCC1CCN(CCC)CC1. The highest BCUT2D eigenvalue weighted by molar-refractivity contribution is 5.33. The molecule has 0 radical (unpaired) electrons. The summed E-state index contributed by atoms with van der Waals surface area (Å²) in [5.74, 6) is 4.21. The summed E-state index contributed by atoms with van der Waals surface area (Å²) in [5.41, 5.74) is 1.18. The van der Waals surface area contributed by atoms with Gasteiger partial charge in [0.25, 0.3) is 0 Å².